The summed E-state index contributed by atoms with van der Waals surface area (Å²) in [5.41, 5.74) is 2.09. The molecule has 1 saturated heterocycles. The Bertz CT molecular complexity index is 865. The van der Waals surface area contributed by atoms with Gasteiger partial charge in [0.05, 0.1) is 17.6 Å². The number of fused-ring (bicyclic) bond motifs is 3. The molecule has 132 valence electrons. The van der Waals surface area contributed by atoms with Gasteiger partial charge in [-0.05, 0) is 13.5 Å². The van der Waals surface area contributed by atoms with E-state index < -0.39 is 0 Å². The smallest absolute Gasteiger partial charge is 0.203 e. The number of imidazole rings is 1. The van der Waals surface area contributed by atoms with Crippen molar-refractivity contribution >= 4 is 27.8 Å². The Labute approximate surface area is 148 Å². The summed E-state index contributed by atoms with van der Waals surface area (Å²) in [6.07, 6.45) is 2.21. The lowest BCUT2D eigenvalue weighted by Crippen LogP contribution is -2.44. The molecule has 1 N–H and O–H groups in total. The molecule has 0 saturated carbocycles. The molecule has 1 fully saturated rings. The molecule has 1 aliphatic heterocycles. The van der Waals surface area contributed by atoms with Gasteiger partial charge in [0, 0.05) is 43.0 Å². The van der Waals surface area contributed by atoms with Crippen molar-refractivity contribution in [2.75, 3.05) is 44.7 Å². The van der Waals surface area contributed by atoms with Crippen LogP contribution in [-0.4, -0.2) is 54.7 Å². The predicted molar refractivity (Wildman–Crippen MR) is 104 cm³/mol. The molecule has 0 spiro atoms. The van der Waals surface area contributed by atoms with Crippen LogP contribution in [0.4, 0.5) is 5.95 Å². The Morgan fingerprint density at radius 2 is 1.88 bits per heavy atom. The Balaban J connectivity index is 1.74. The van der Waals surface area contributed by atoms with Crippen LogP contribution in [0, 0.1) is 0 Å². The highest BCUT2D eigenvalue weighted by atomic mass is 16.5. The zero-order valence-corrected chi connectivity index (χ0v) is 15.1. The number of likely N-dealkylation sites (N-methyl/N-ethyl adjacent to an activating group) is 1. The van der Waals surface area contributed by atoms with Gasteiger partial charge in [-0.1, -0.05) is 37.6 Å². The molecule has 0 aliphatic carbocycles. The Kier molecular flexibility index (Phi) is 4.49. The van der Waals surface area contributed by atoms with Crippen LogP contribution < -0.4 is 9.64 Å². The lowest BCUT2D eigenvalue weighted by atomic mass is 10.1. The van der Waals surface area contributed by atoms with Gasteiger partial charge >= 0.3 is 0 Å². The quantitative estimate of drug-likeness (QED) is 0.721. The second-order valence-electron chi connectivity index (χ2n) is 6.87. The molecule has 5 nitrogen and oxygen atoms in total. The molecule has 0 atom stereocenters. The standard InChI is InChI=1S/C20H26N4O/c1-3-4-13-25-18-14-17-19(16-8-6-5-7-15(16)18)22-20(21-17)24-11-9-23(2)10-12-24/h5-8,14H,3-4,9-13H2,1-2H3,(H,21,22). The van der Waals surface area contributed by atoms with Gasteiger partial charge in [0.1, 0.15) is 5.75 Å². The number of aromatic nitrogens is 2. The van der Waals surface area contributed by atoms with Crippen molar-refractivity contribution in [3.8, 4) is 5.75 Å². The fourth-order valence-corrected chi connectivity index (χ4v) is 3.41. The van der Waals surface area contributed by atoms with E-state index in [1.165, 1.54) is 0 Å². The van der Waals surface area contributed by atoms with Gasteiger partial charge in [0.2, 0.25) is 5.95 Å². The third-order valence-electron chi connectivity index (χ3n) is 5.00. The first-order chi connectivity index (χ1) is 12.3. The number of rotatable bonds is 5. The van der Waals surface area contributed by atoms with Gasteiger partial charge in [-0.3, -0.25) is 0 Å². The number of unbranched alkanes of at least 4 members (excludes halogenated alkanes) is 1. The number of nitrogens with one attached hydrogen (secondary N) is 1. The lowest BCUT2D eigenvalue weighted by Gasteiger charge is -2.32. The van der Waals surface area contributed by atoms with E-state index in [0.29, 0.717) is 0 Å². The van der Waals surface area contributed by atoms with Crippen molar-refractivity contribution in [3.05, 3.63) is 30.3 Å². The largest absolute Gasteiger partial charge is 0.493 e. The number of H-pyrrole nitrogens is 1. The summed E-state index contributed by atoms with van der Waals surface area (Å²) in [6.45, 7) is 7.10. The molecule has 5 heteroatoms. The molecule has 2 heterocycles. The van der Waals surface area contributed by atoms with Crippen LogP contribution in [0.15, 0.2) is 30.3 Å². The number of aromatic amines is 1. The van der Waals surface area contributed by atoms with Gasteiger partial charge in [0.15, 0.2) is 0 Å². The first kappa shape index (κ1) is 16.2. The normalized spacial score (nSPS) is 16.0. The molecular weight excluding hydrogens is 312 g/mol. The maximum Gasteiger partial charge on any atom is 0.203 e. The zero-order chi connectivity index (χ0) is 17.2. The van der Waals surface area contributed by atoms with Gasteiger partial charge < -0.3 is 19.5 Å². The average Bonchev–Trinajstić information content (AvgIpc) is 3.07. The molecule has 25 heavy (non-hydrogen) atoms. The molecule has 0 radical (unpaired) electrons. The summed E-state index contributed by atoms with van der Waals surface area (Å²) in [4.78, 5) is 13.1. The van der Waals surface area contributed by atoms with E-state index in [9.17, 15) is 0 Å². The van der Waals surface area contributed by atoms with Crippen molar-refractivity contribution in [1.29, 1.82) is 0 Å². The maximum absolute atomic E-state index is 6.07. The SMILES string of the molecule is CCCCOc1cc2[nH]c(N3CCN(C)CC3)nc2c2ccccc12. The van der Waals surface area contributed by atoms with Crippen molar-refractivity contribution in [2.45, 2.75) is 19.8 Å². The molecule has 1 aliphatic rings. The molecule has 0 amide bonds. The fourth-order valence-electron chi connectivity index (χ4n) is 3.41. The van der Waals surface area contributed by atoms with Gasteiger partial charge in [-0.25, -0.2) is 4.98 Å². The predicted octanol–water partition coefficient (Wildman–Crippen LogP) is 3.65. The number of anilines is 1. The van der Waals surface area contributed by atoms with Gasteiger partial charge in [-0.2, -0.15) is 0 Å². The van der Waals surface area contributed by atoms with Gasteiger partial charge in [0.25, 0.3) is 0 Å². The summed E-state index contributed by atoms with van der Waals surface area (Å²) in [5, 5.41) is 2.30. The minimum atomic E-state index is 0.755. The summed E-state index contributed by atoms with van der Waals surface area (Å²) in [7, 11) is 2.17. The second-order valence-corrected chi connectivity index (χ2v) is 6.87. The number of nitrogens with zero attached hydrogens (tertiary/aromatic N) is 3. The van der Waals surface area contributed by atoms with Crippen LogP contribution in [0.5, 0.6) is 5.75 Å². The van der Waals surface area contributed by atoms with Crippen molar-refractivity contribution < 1.29 is 4.74 Å². The third-order valence-corrected chi connectivity index (χ3v) is 5.00. The van der Waals surface area contributed by atoms with E-state index in [-0.39, 0.29) is 0 Å². The third kappa shape index (κ3) is 3.16. The monoisotopic (exact) mass is 338 g/mol. The number of ether oxygens (including phenoxy) is 1. The molecule has 0 bridgehead atoms. The van der Waals surface area contributed by atoms with Gasteiger partial charge in [-0.15, -0.1) is 0 Å². The molecule has 0 unspecified atom stereocenters. The van der Waals surface area contributed by atoms with E-state index >= 15 is 0 Å². The van der Waals surface area contributed by atoms with E-state index in [1.54, 1.807) is 0 Å². The van der Waals surface area contributed by atoms with Crippen LogP contribution in [-0.2, 0) is 0 Å². The van der Waals surface area contributed by atoms with Crippen LogP contribution in [0.25, 0.3) is 21.8 Å². The summed E-state index contributed by atoms with van der Waals surface area (Å²) in [5.74, 6) is 1.92. The molecule has 2 aromatic carbocycles. The van der Waals surface area contributed by atoms with E-state index in [0.717, 1.165) is 79.1 Å². The van der Waals surface area contributed by atoms with Crippen LogP contribution in [0.1, 0.15) is 19.8 Å². The highest BCUT2D eigenvalue weighted by molar-refractivity contribution is 6.07. The van der Waals surface area contributed by atoms with E-state index in [1.807, 2.05) is 0 Å². The molecule has 3 aromatic rings. The minimum Gasteiger partial charge on any atom is -0.493 e. The van der Waals surface area contributed by atoms with Crippen LogP contribution in [0.2, 0.25) is 0 Å². The Morgan fingerprint density at radius 3 is 2.64 bits per heavy atom. The molecule has 1 aromatic heterocycles. The Hall–Kier alpha value is -2.27. The number of piperazine rings is 1. The molecule has 4 rings (SSSR count). The highest BCUT2D eigenvalue weighted by Crippen LogP contribution is 2.33. The minimum absolute atomic E-state index is 0.755. The van der Waals surface area contributed by atoms with Crippen molar-refractivity contribution in [2.24, 2.45) is 0 Å². The topological polar surface area (TPSA) is 44.4 Å². The van der Waals surface area contributed by atoms with E-state index in [2.05, 4.69) is 59.1 Å². The summed E-state index contributed by atoms with van der Waals surface area (Å²) >= 11 is 0. The lowest BCUT2D eigenvalue weighted by molar-refractivity contribution is 0.311. The molecular formula is C20H26N4O. The zero-order valence-electron chi connectivity index (χ0n) is 15.1. The first-order valence-corrected chi connectivity index (χ1v) is 9.24. The number of hydrogen-bond donors (Lipinski definition) is 1. The number of benzene rings is 2. The fraction of sp³-hybridized carbons (Fsp3) is 0.450. The van der Waals surface area contributed by atoms with Crippen LogP contribution in [0.3, 0.4) is 0 Å². The Morgan fingerprint density at radius 1 is 1.12 bits per heavy atom. The van der Waals surface area contributed by atoms with Crippen molar-refractivity contribution in [1.82, 2.24) is 14.9 Å². The average molecular weight is 338 g/mol. The summed E-state index contributed by atoms with van der Waals surface area (Å²) < 4.78 is 6.07. The van der Waals surface area contributed by atoms with Crippen molar-refractivity contribution in [3.63, 3.8) is 0 Å². The second kappa shape index (κ2) is 6.92. The highest BCUT2D eigenvalue weighted by Gasteiger charge is 2.19. The maximum atomic E-state index is 6.07. The number of hydrogen-bond acceptors (Lipinski definition) is 4. The first-order valence-electron chi connectivity index (χ1n) is 9.24. The summed E-state index contributed by atoms with van der Waals surface area (Å²) in [6, 6.07) is 10.5. The van der Waals surface area contributed by atoms with Crippen LogP contribution >= 0.6 is 0 Å². The van der Waals surface area contributed by atoms with E-state index in [4.69, 9.17) is 9.72 Å².